The molecule has 0 aliphatic carbocycles. The Balaban J connectivity index is 2.46. The van der Waals surface area contributed by atoms with Gasteiger partial charge in [-0.05, 0) is 29.8 Å². The first-order valence-electron chi connectivity index (χ1n) is 6.33. The Morgan fingerprint density at radius 3 is 2.05 bits per heavy atom. The number of aliphatic hydroxyl groups is 1. The molecule has 0 spiro atoms. The fourth-order valence-electron chi connectivity index (χ4n) is 2.08. The molecule has 0 aromatic heterocycles. The number of rotatable bonds is 5. The molecule has 0 aliphatic heterocycles. The van der Waals surface area contributed by atoms with Gasteiger partial charge in [0.15, 0.2) is 0 Å². The maximum Gasteiger partial charge on any atom is 0.126 e. The Labute approximate surface area is 132 Å². The average Bonchev–Trinajstić information content (AvgIpc) is 2.53. The van der Waals surface area contributed by atoms with Gasteiger partial charge in [-0.25, -0.2) is 0 Å². The highest BCUT2D eigenvalue weighted by atomic mass is 79.9. The third-order valence-electron chi connectivity index (χ3n) is 3.18. The van der Waals surface area contributed by atoms with Crippen molar-refractivity contribution < 1.29 is 19.3 Å². The Kier molecular flexibility index (Phi) is 5.09. The van der Waals surface area contributed by atoms with Crippen molar-refractivity contribution in [2.45, 2.75) is 6.10 Å². The fourth-order valence-corrected chi connectivity index (χ4v) is 2.42. The second-order valence-electron chi connectivity index (χ2n) is 4.43. The first kappa shape index (κ1) is 15.7. The Morgan fingerprint density at radius 1 is 0.905 bits per heavy atom. The highest BCUT2D eigenvalue weighted by Crippen LogP contribution is 2.35. The third-order valence-corrected chi connectivity index (χ3v) is 3.67. The van der Waals surface area contributed by atoms with Crippen molar-refractivity contribution in [3.63, 3.8) is 0 Å². The maximum absolute atomic E-state index is 10.6. The van der Waals surface area contributed by atoms with E-state index in [2.05, 4.69) is 15.9 Å². The van der Waals surface area contributed by atoms with E-state index in [9.17, 15) is 5.11 Å². The second kappa shape index (κ2) is 6.83. The van der Waals surface area contributed by atoms with Crippen molar-refractivity contribution in [2.75, 3.05) is 21.3 Å². The lowest BCUT2D eigenvalue weighted by molar-refractivity contribution is 0.213. The lowest BCUT2D eigenvalue weighted by atomic mass is 10.00. The molecule has 21 heavy (non-hydrogen) atoms. The molecule has 5 heteroatoms. The van der Waals surface area contributed by atoms with Crippen molar-refractivity contribution in [2.24, 2.45) is 0 Å². The van der Waals surface area contributed by atoms with Gasteiger partial charge in [-0.2, -0.15) is 0 Å². The monoisotopic (exact) mass is 352 g/mol. The van der Waals surface area contributed by atoms with E-state index in [0.717, 1.165) is 4.47 Å². The Bertz CT molecular complexity index is 605. The summed E-state index contributed by atoms with van der Waals surface area (Å²) < 4.78 is 16.7. The van der Waals surface area contributed by atoms with Crippen LogP contribution in [0.25, 0.3) is 0 Å². The zero-order valence-corrected chi connectivity index (χ0v) is 13.7. The van der Waals surface area contributed by atoms with Gasteiger partial charge in [0.1, 0.15) is 23.4 Å². The summed E-state index contributed by atoms with van der Waals surface area (Å²) >= 11 is 3.39. The summed E-state index contributed by atoms with van der Waals surface area (Å²) in [5.41, 5.74) is 1.35. The molecule has 1 atom stereocenters. The minimum absolute atomic E-state index is 0.610. The van der Waals surface area contributed by atoms with Gasteiger partial charge in [0.25, 0.3) is 0 Å². The van der Waals surface area contributed by atoms with Crippen molar-refractivity contribution in [3.05, 3.63) is 52.0 Å². The number of ether oxygens (including phenoxy) is 3. The molecule has 4 nitrogen and oxygen atoms in total. The minimum Gasteiger partial charge on any atom is -0.497 e. The summed E-state index contributed by atoms with van der Waals surface area (Å²) in [5.74, 6) is 1.86. The van der Waals surface area contributed by atoms with Crippen LogP contribution in [0.3, 0.4) is 0 Å². The van der Waals surface area contributed by atoms with Crippen LogP contribution >= 0.6 is 15.9 Å². The van der Waals surface area contributed by atoms with Crippen LogP contribution in [0.15, 0.2) is 40.9 Å². The first-order valence-corrected chi connectivity index (χ1v) is 7.12. The zero-order chi connectivity index (χ0) is 15.4. The highest BCUT2D eigenvalue weighted by molar-refractivity contribution is 9.10. The minimum atomic E-state index is -0.836. The van der Waals surface area contributed by atoms with Gasteiger partial charge in [0.05, 0.1) is 21.3 Å². The van der Waals surface area contributed by atoms with E-state index in [1.807, 2.05) is 18.2 Å². The third kappa shape index (κ3) is 3.49. The van der Waals surface area contributed by atoms with E-state index in [1.165, 1.54) is 0 Å². The predicted molar refractivity (Wildman–Crippen MR) is 84.3 cm³/mol. The SMILES string of the molecule is COc1cc(OC)cc(C(O)c2ccc(Br)cc2OC)c1. The number of hydrogen-bond donors (Lipinski definition) is 1. The topological polar surface area (TPSA) is 47.9 Å². The molecule has 0 amide bonds. The van der Waals surface area contributed by atoms with Gasteiger partial charge < -0.3 is 19.3 Å². The molecule has 0 saturated heterocycles. The molecule has 0 radical (unpaired) electrons. The Hall–Kier alpha value is -1.72. The van der Waals surface area contributed by atoms with Crippen LogP contribution in [-0.2, 0) is 0 Å². The van der Waals surface area contributed by atoms with Crippen LogP contribution in [0.4, 0.5) is 0 Å². The molecule has 0 saturated carbocycles. The fraction of sp³-hybridized carbons (Fsp3) is 0.250. The molecule has 0 fully saturated rings. The van der Waals surface area contributed by atoms with E-state index in [1.54, 1.807) is 39.5 Å². The molecular formula is C16H17BrO4. The van der Waals surface area contributed by atoms with Crippen LogP contribution in [0.2, 0.25) is 0 Å². The number of hydrogen-bond acceptors (Lipinski definition) is 4. The van der Waals surface area contributed by atoms with Crippen molar-refractivity contribution >= 4 is 15.9 Å². The molecular weight excluding hydrogens is 336 g/mol. The van der Waals surface area contributed by atoms with Crippen molar-refractivity contribution in [1.82, 2.24) is 0 Å². The standard InChI is InChI=1S/C16H17BrO4/c1-19-12-6-10(7-13(9-12)20-2)16(18)14-5-4-11(17)8-15(14)21-3/h4-9,16,18H,1-3H3. The predicted octanol–water partition coefficient (Wildman–Crippen LogP) is 3.56. The number of benzene rings is 2. The molecule has 0 heterocycles. The van der Waals surface area contributed by atoms with Gasteiger partial charge in [-0.1, -0.05) is 22.0 Å². The van der Waals surface area contributed by atoms with E-state index in [0.29, 0.717) is 28.4 Å². The average molecular weight is 353 g/mol. The highest BCUT2D eigenvalue weighted by Gasteiger charge is 2.17. The lowest BCUT2D eigenvalue weighted by Gasteiger charge is -2.17. The summed E-state index contributed by atoms with van der Waals surface area (Å²) in [7, 11) is 4.72. The number of aliphatic hydroxyl groups excluding tert-OH is 1. The van der Waals surface area contributed by atoms with E-state index in [-0.39, 0.29) is 0 Å². The molecule has 1 N–H and O–H groups in total. The molecule has 2 rings (SSSR count). The number of halogens is 1. The molecule has 2 aromatic carbocycles. The molecule has 2 aromatic rings. The zero-order valence-electron chi connectivity index (χ0n) is 12.1. The smallest absolute Gasteiger partial charge is 0.126 e. The summed E-state index contributed by atoms with van der Waals surface area (Å²) in [6.07, 6.45) is -0.836. The quantitative estimate of drug-likeness (QED) is 0.893. The molecule has 0 bridgehead atoms. The molecule has 112 valence electrons. The summed E-state index contributed by atoms with van der Waals surface area (Å²) in [4.78, 5) is 0. The van der Waals surface area contributed by atoms with Crippen LogP contribution in [0, 0.1) is 0 Å². The second-order valence-corrected chi connectivity index (χ2v) is 5.35. The van der Waals surface area contributed by atoms with Crippen molar-refractivity contribution in [3.8, 4) is 17.2 Å². The first-order chi connectivity index (χ1) is 10.1. The van der Waals surface area contributed by atoms with Crippen LogP contribution in [0.1, 0.15) is 17.2 Å². The van der Waals surface area contributed by atoms with E-state index < -0.39 is 6.10 Å². The summed E-state index contributed by atoms with van der Waals surface area (Å²) in [6, 6.07) is 10.8. The largest absolute Gasteiger partial charge is 0.497 e. The van der Waals surface area contributed by atoms with Gasteiger partial charge >= 0.3 is 0 Å². The van der Waals surface area contributed by atoms with Crippen LogP contribution < -0.4 is 14.2 Å². The summed E-state index contributed by atoms with van der Waals surface area (Å²) in [6.45, 7) is 0. The van der Waals surface area contributed by atoms with Gasteiger partial charge in [-0.15, -0.1) is 0 Å². The van der Waals surface area contributed by atoms with Gasteiger partial charge in [0.2, 0.25) is 0 Å². The van der Waals surface area contributed by atoms with Crippen molar-refractivity contribution in [1.29, 1.82) is 0 Å². The van der Waals surface area contributed by atoms with Crippen LogP contribution in [0.5, 0.6) is 17.2 Å². The molecule has 1 unspecified atom stereocenters. The maximum atomic E-state index is 10.6. The summed E-state index contributed by atoms with van der Waals surface area (Å²) in [5, 5.41) is 10.6. The van der Waals surface area contributed by atoms with E-state index >= 15 is 0 Å². The lowest BCUT2D eigenvalue weighted by Crippen LogP contribution is -2.03. The Morgan fingerprint density at radius 2 is 1.52 bits per heavy atom. The number of methoxy groups -OCH3 is 3. The van der Waals surface area contributed by atoms with Gasteiger partial charge in [0, 0.05) is 16.1 Å². The van der Waals surface area contributed by atoms with E-state index in [4.69, 9.17) is 14.2 Å². The normalized spacial score (nSPS) is 11.9. The van der Waals surface area contributed by atoms with Crippen LogP contribution in [-0.4, -0.2) is 26.4 Å². The van der Waals surface area contributed by atoms with Gasteiger partial charge in [-0.3, -0.25) is 0 Å². The molecule has 0 aliphatic rings.